The van der Waals surface area contributed by atoms with Crippen LogP contribution < -0.4 is 10.6 Å². The van der Waals surface area contributed by atoms with Crippen LogP contribution in [0.5, 0.6) is 0 Å². The molecule has 7 nitrogen and oxygen atoms in total. The van der Waals surface area contributed by atoms with Crippen molar-refractivity contribution in [3.8, 4) is 0 Å². The zero-order chi connectivity index (χ0) is 18.6. The molecular formula is C19H26IN5O2. The molecule has 0 saturated carbocycles. The molecule has 0 aromatic carbocycles. The van der Waals surface area contributed by atoms with Crippen molar-refractivity contribution in [2.45, 2.75) is 32.9 Å². The summed E-state index contributed by atoms with van der Waals surface area (Å²) in [6.45, 7) is 7.18. The third-order valence-electron chi connectivity index (χ3n) is 4.14. The van der Waals surface area contributed by atoms with Crippen molar-refractivity contribution in [3.05, 3.63) is 59.9 Å². The van der Waals surface area contributed by atoms with Crippen molar-refractivity contribution >= 4 is 35.6 Å². The zero-order valence-corrected chi connectivity index (χ0v) is 18.1. The molecule has 0 saturated heterocycles. The van der Waals surface area contributed by atoms with Gasteiger partial charge in [-0.2, -0.15) is 0 Å². The van der Waals surface area contributed by atoms with Gasteiger partial charge in [0.05, 0.1) is 25.0 Å². The van der Waals surface area contributed by atoms with E-state index in [1.54, 1.807) is 25.3 Å². The lowest BCUT2D eigenvalue weighted by atomic mass is 10.0. The minimum atomic E-state index is -1.13. The third-order valence-corrected chi connectivity index (χ3v) is 4.14. The standard InChI is InChI=1S/C19H25N5O2.HI/c1-4-20-18(22-13-19(3,25)16-8-6-10-26-16)21-11-15-12-24-14(2)7-5-9-17(24)23-15;/h5-10,12,25H,4,11,13H2,1-3H3,(H2,20,21,22);1H. The molecule has 0 spiro atoms. The normalized spacial score (nSPS) is 13.9. The highest BCUT2D eigenvalue weighted by Crippen LogP contribution is 2.19. The lowest BCUT2D eigenvalue weighted by molar-refractivity contribution is 0.0386. The highest BCUT2D eigenvalue weighted by Gasteiger charge is 2.26. The van der Waals surface area contributed by atoms with E-state index in [0.717, 1.165) is 23.6 Å². The van der Waals surface area contributed by atoms with Gasteiger partial charge in [-0.1, -0.05) is 6.07 Å². The van der Waals surface area contributed by atoms with Gasteiger partial charge in [-0.25, -0.2) is 9.98 Å². The number of hydrogen-bond donors (Lipinski definition) is 3. The predicted octanol–water partition coefficient (Wildman–Crippen LogP) is 2.82. The van der Waals surface area contributed by atoms with Crippen LogP contribution in [0.4, 0.5) is 0 Å². The molecule has 0 fully saturated rings. The lowest BCUT2D eigenvalue weighted by Gasteiger charge is -2.22. The van der Waals surface area contributed by atoms with Gasteiger partial charge < -0.3 is 24.6 Å². The maximum absolute atomic E-state index is 10.5. The Morgan fingerprint density at radius 1 is 1.30 bits per heavy atom. The summed E-state index contributed by atoms with van der Waals surface area (Å²) in [6.07, 6.45) is 3.55. The number of rotatable bonds is 6. The van der Waals surface area contributed by atoms with Crippen LogP contribution in [0.25, 0.3) is 5.65 Å². The van der Waals surface area contributed by atoms with E-state index in [1.165, 1.54) is 0 Å². The average Bonchev–Trinajstić information content (AvgIpc) is 3.28. The van der Waals surface area contributed by atoms with E-state index in [9.17, 15) is 5.11 Å². The Hall–Kier alpha value is -2.07. The molecule has 3 rings (SSSR count). The molecule has 0 aliphatic heterocycles. The Morgan fingerprint density at radius 2 is 2.11 bits per heavy atom. The van der Waals surface area contributed by atoms with Gasteiger partial charge in [0.25, 0.3) is 0 Å². The molecule has 8 heteroatoms. The number of fused-ring (bicyclic) bond motifs is 1. The van der Waals surface area contributed by atoms with Crippen molar-refractivity contribution in [3.63, 3.8) is 0 Å². The number of nitrogens with one attached hydrogen (secondary N) is 2. The van der Waals surface area contributed by atoms with Gasteiger partial charge in [0.1, 0.15) is 17.0 Å². The second kappa shape index (κ2) is 9.23. The monoisotopic (exact) mass is 483 g/mol. The number of imidazole rings is 1. The molecule has 3 N–H and O–H groups in total. The first kappa shape index (κ1) is 21.2. The Labute approximate surface area is 175 Å². The SMILES string of the molecule is CCNC(=NCc1cn2c(C)cccc2n1)NCC(C)(O)c1ccco1.I. The van der Waals surface area contributed by atoms with Crippen LogP contribution in [0.3, 0.4) is 0 Å². The lowest BCUT2D eigenvalue weighted by Crippen LogP contribution is -2.44. The number of hydrogen-bond acceptors (Lipinski definition) is 4. The first-order chi connectivity index (χ1) is 12.5. The maximum atomic E-state index is 10.5. The van der Waals surface area contributed by atoms with Gasteiger partial charge >= 0.3 is 0 Å². The molecule has 146 valence electrons. The first-order valence-corrected chi connectivity index (χ1v) is 8.72. The molecule has 1 unspecified atom stereocenters. The summed E-state index contributed by atoms with van der Waals surface area (Å²) in [5.74, 6) is 1.13. The minimum absolute atomic E-state index is 0. The summed E-state index contributed by atoms with van der Waals surface area (Å²) in [6, 6.07) is 9.53. The summed E-state index contributed by atoms with van der Waals surface area (Å²) >= 11 is 0. The number of aliphatic imine (C=N–C) groups is 1. The van der Waals surface area contributed by atoms with E-state index in [2.05, 4.69) is 20.6 Å². The number of halogens is 1. The fourth-order valence-corrected chi connectivity index (χ4v) is 2.70. The van der Waals surface area contributed by atoms with E-state index >= 15 is 0 Å². The van der Waals surface area contributed by atoms with Gasteiger partial charge in [0, 0.05) is 18.4 Å². The molecule has 27 heavy (non-hydrogen) atoms. The fourth-order valence-electron chi connectivity index (χ4n) is 2.70. The second-order valence-electron chi connectivity index (χ2n) is 6.43. The van der Waals surface area contributed by atoms with Crippen LogP contribution in [0, 0.1) is 6.92 Å². The average molecular weight is 483 g/mol. The van der Waals surface area contributed by atoms with E-state index < -0.39 is 5.60 Å². The first-order valence-electron chi connectivity index (χ1n) is 8.72. The van der Waals surface area contributed by atoms with Crippen molar-refractivity contribution < 1.29 is 9.52 Å². The number of furan rings is 1. The largest absolute Gasteiger partial charge is 0.466 e. The van der Waals surface area contributed by atoms with Gasteiger partial charge in [0.2, 0.25) is 0 Å². The minimum Gasteiger partial charge on any atom is -0.466 e. The number of aromatic nitrogens is 2. The van der Waals surface area contributed by atoms with Crippen molar-refractivity contribution in [1.82, 2.24) is 20.0 Å². The smallest absolute Gasteiger partial charge is 0.191 e. The van der Waals surface area contributed by atoms with Gasteiger partial charge in [-0.05, 0) is 45.0 Å². The van der Waals surface area contributed by atoms with Crippen molar-refractivity contribution in [2.24, 2.45) is 4.99 Å². The summed E-state index contributed by atoms with van der Waals surface area (Å²) in [5, 5.41) is 16.9. The third kappa shape index (κ3) is 5.23. The summed E-state index contributed by atoms with van der Waals surface area (Å²) in [4.78, 5) is 9.16. The van der Waals surface area contributed by atoms with Gasteiger partial charge in [-0.15, -0.1) is 24.0 Å². The highest BCUT2D eigenvalue weighted by molar-refractivity contribution is 14.0. The molecule has 3 aromatic heterocycles. The van der Waals surface area contributed by atoms with E-state index in [0.29, 0.717) is 18.3 Å². The number of nitrogens with zero attached hydrogens (tertiary/aromatic N) is 3. The summed E-state index contributed by atoms with van der Waals surface area (Å²) < 4.78 is 7.35. The molecule has 0 amide bonds. The van der Waals surface area contributed by atoms with Crippen LogP contribution in [0.1, 0.15) is 31.0 Å². The zero-order valence-electron chi connectivity index (χ0n) is 15.8. The van der Waals surface area contributed by atoms with Gasteiger partial charge in [-0.3, -0.25) is 0 Å². The van der Waals surface area contributed by atoms with Crippen molar-refractivity contribution in [2.75, 3.05) is 13.1 Å². The molecule has 3 aromatic rings. The molecule has 0 aliphatic carbocycles. The molecule has 0 bridgehead atoms. The molecule has 3 heterocycles. The van der Waals surface area contributed by atoms with Crippen LogP contribution in [0.2, 0.25) is 0 Å². The number of aryl methyl sites for hydroxylation is 1. The van der Waals surface area contributed by atoms with Crippen LogP contribution >= 0.6 is 24.0 Å². The van der Waals surface area contributed by atoms with Crippen LogP contribution in [-0.4, -0.2) is 33.5 Å². The molecule has 0 aliphatic rings. The Balaban J connectivity index is 0.00000261. The maximum Gasteiger partial charge on any atom is 0.191 e. The number of aliphatic hydroxyl groups is 1. The van der Waals surface area contributed by atoms with E-state index in [-0.39, 0.29) is 30.5 Å². The number of guanidine groups is 1. The summed E-state index contributed by atoms with van der Waals surface area (Å²) in [7, 11) is 0. The Kier molecular flexibility index (Phi) is 7.25. The van der Waals surface area contributed by atoms with Crippen LogP contribution in [-0.2, 0) is 12.1 Å². The highest BCUT2D eigenvalue weighted by atomic mass is 127. The molecule has 0 radical (unpaired) electrons. The molecular weight excluding hydrogens is 457 g/mol. The van der Waals surface area contributed by atoms with Crippen molar-refractivity contribution in [1.29, 1.82) is 0 Å². The fraction of sp³-hybridized carbons (Fsp3) is 0.368. The second-order valence-corrected chi connectivity index (χ2v) is 6.43. The Morgan fingerprint density at radius 3 is 2.78 bits per heavy atom. The van der Waals surface area contributed by atoms with E-state index in [1.807, 2.05) is 42.6 Å². The van der Waals surface area contributed by atoms with E-state index in [4.69, 9.17) is 4.42 Å². The van der Waals surface area contributed by atoms with Crippen LogP contribution in [0.15, 0.2) is 52.2 Å². The summed E-state index contributed by atoms with van der Waals surface area (Å²) in [5.41, 5.74) is 1.80. The molecule has 1 atom stereocenters. The predicted molar refractivity (Wildman–Crippen MR) is 116 cm³/mol. The quantitative estimate of drug-likeness (QED) is 0.285. The topological polar surface area (TPSA) is 87.1 Å². The van der Waals surface area contributed by atoms with Gasteiger partial charge in [0.15, 0.2) is 5.96 Å². The Bertz CT molecular complexity index is 887. The number of pyridine rings is 1.